The van der Waals surface area contributed by atoms with Crippen LogP contribution >= 0.6 is 0 Å². The maximum Gasteiger partial charge on any atom is 0.229 e. The topological polar surface area (TPSA) is 66.8 Å². The Morgan fingerprint density at radius 2 is 1.73 bits per heavy atom. The van der Waals surface area contributed by atoms with E-state index in [1.807, 2.05) is 6.20 Å². The number of aromatic nitrogens is 4. The summed E-state index contributed by atoms with van der Waals surface area (Å²) in [6, 6.07) is 3.86. The van der Waals surface area contributed by atoms with Gasteiger partial charge in [0.25, 0.3) is 0 Å². The van der Waals surface area contributed by atoms with Gasteiger partial charge in [0.1, 0.15) is 0 Å². The van der Waals surface area contributed by atoms with Gasteiger partial charge in [0.05, 0.1) is 5.69 Å². The van der Waals surface area contributed by atoms with E-state index in [1.54, 1.807) is 18.5 Å². The minimum absolute atomic E-state index is 0.493. The molecule has 1 saturated heterocycles. The van der Waals surface area contributed by atoms with Crippen LogP contribution in [0.3, 0.4) is 0 Å². The van der Waals surface area contributed by atoms with Crippen molar-refractivity contribution in [2.75, 3.05) is 25.0 Å². The predicted octanol–water partition coefficient (Wildman–Crippen LogP) is 3.77. The molecule has 0 aromatic carbocycles. The van der Waals surface area contributed by atoms with Gasteiger partial charge >= 0.3 is 0 Å². The Balaban J connectivity index is 1.39. The Bertz CT molecular complexity index is 686. The van der Waals surface area contributed by atoms with E-state index in [2.05, 4.69) is 31.2 Å². The van der Waals surface area contributed by atoms with Gasteiger partial charge in [-0.2, -0.15) is 0 Å². The molecule has 1 aliphatic heterocycles. The quantitative estimate of drug-likeness (QED) is 0.883. The van der Waals surface area contributed by atoms with Crippen molar-refractivity contribution in [3.8, 4) is 0 Å². The Kier molecular flexibility index (Phi) is 5.69. The van der Waals surface area contributed by atoms with Gasteiger partial charge in [-0.3, -0.25) is 5.32 Å². The minimum Gasteiger partial charge on any atom is -0.302 e. The molecule has 1 saturated carbocycles. The van der Waals surface area contributed by atoms with Gasteiger partial charge in [0.2, 0.25) is 11.9 Å². The van der Waals surface area contributed by atoms with Crippen molar-refractivity contribution >= 4 is 11.9 Å². The molecule has 0 radical (unpaired) electrons. The summed E-state index contributed by atoms with van der Waals surface area (Å²) in [6.07, 6.45) is 14.8. The third-order valence-corrected chi connectivity index (χ3v) is 5.63. The number of rotatable bonds is 5. The Hall–Kier alpha value is -2.08. The lowest BCUT2D eigenvalue weighted by Crippen LogP contribution is -2.38. The zero-order valence-electron chi connectivity index (χ0n) is 15.3. The van der Waals surface area contributed by atoms with Crippen LogP contribution in [0.4, 0.5) is 11.9 Å². The molecule has 0 spiro atoms. The molecular formula is C20H28N6. The van der Waals surface area contributed by atoms with Gasteiger partial charge < -0.3 is 4.90 Å². The highest BCUT2D eigenvalue weighted by Gasteiger charge is 2.25. The molecule has 3 heterocycles. The molecule has 0 bridgehead atoms. The molecule has 2 aliphatic rings. The molecule has 2 aromatic heterocycles. The van der Waals surface area contributed by atoms with Gasteiger partial charge in [-0.25, -0.2) is 19.9 Å². The van der Waals surface area contributed by atoms with Gasteiger partial charge in [0, 0.05) is 37.6 Å². The van der Waals surface area contributed by atoms with Gasteiger partial charge in [-0.15, -0.1) is 0 Å². The highest BCUT2D eigenvalue weighted by molar-refractivity contribution is 5.41. The van der Waals surface area contributed by atoms with Crippen LogP contribution in [0.25, 0.3) is 0 Å². The largest absolute Gasteiger partial charge is 0.302 e. The van der Waals surface area contributed by atoms with Crippen molar-refractivity contribution in [1.82, 2.24) is 24.8 Å². The summed E-state index contributed by atoms with van der Waals surface area (Å²) in [4.78, 5) is 20.1. The number of nitrogens with zero attached hydrogens (tertiary/aromatic N) is 5. The van der Waals surface area contributed by atoms with Crippen LogP contribution in [0.2, 0.25) is 0 Å². The maximum absolute atomic E-state index is 4.74. The first-order valence-corrected chi connectivity index (χ1v) is 9.96. The molecule has 1 N–H and O–H groups in total. The number of nitrogens with one attached hydrogen (secondary N) is 1. The maximum atomic E-state index is 4.74. The molecule has 4 rings (SSSR count). The molecule has 0 unspecified atom stereocenters. The summed E-state index contributed by atoms with van der Waals surface area (Å²) in [6.45, 7) is 3.63. The number of anilines is 2. The van der Waals surface area contributed by atoms with Crippen LogP contribution in [0, 0.1) is 5.92 Å². The number of likely N-dealkylation sites (tertiary alicyclic amines) is 1. The van der Waals surface area contributed by atoms with Crippen LogP contribution in [-0.4, -0.2) is 44.5 Å². The average Bonchev–Trinajstić information content (AvgIpc) is 2.70. The van der Waals surface area contributed by atoms with E-state index in [0.717, 1.165) is 18.2 Å². The molecule has 6 nitrogen and oxygen atoms in total. The Labute approximate surface area is 155 Å². The highest BCUT2D eigenvalue weighted by Crippen LogP contribution is 2.29. The van der Waals surface area contributed by atoms with Gasteiger partial charge in [-0.1, -0.05) is 19.3 Å². The second-order valence-electron chi connectivity index (χ2n) is 7.61. The minimum atomic E-state index is 0.493. The van der Waals surface area contributed by atoms with Crippen LogP contribution in [0.5, 0.6) is 0 Å². The number of hydrogen-bond acceptors (Lipinski definition) is 6. The molecule has 138 valence electrons. The first-order chi connectivity index (χ1) is 12.9. The predicted molar refractivity (Wildman–Crippen MR) is 102 cm³/mol. The molecule has 0 amide bonds. The van der Waals surface area contributed by atoms with E-state index in [9.17, 15) is 0 Å². The highest BCUT2D eigenvalue weighted by atomic mass is 15.2. The average molecular weight is 352 g/mol. The fourth-order valence-electron chi connectivity index (χ4n) is 4.32. The molecular weight excluding hydrogens is 324 g/mol. The molecule has 2 fully saturated rings. The van der Waals surface area contributed by atoms with E-state index in [1.165, 1.54) is 58.0 Å². The Morgan fingerprint density at radius 3 is 2.58 bits per heavy atom. The smallest absolute Gasteiger partial charge is 0.229 e. The third-order valence-electron chi connectivity index (χ3n) is 5.63. The number of piperidine rings is 1. The van der Waals surface area contributed by atoms with Gasteiger partial charge in [-0.05, 0) is 50.3 Å². The second-order valence-corrected chi connectivity index (χ2v) is 7.61. The SMILES string of the molecule is c1cnc(Nc2nccc([C@@H]3CCCN(CC4CCCCC4)C3)n2)nc1. The molecule has 1 aliphatic carbocycles. The van der Waals surface area contributed by atoms with Crippen molar-refractivity contribution in [3.63, 3.8) is 0 Å². The molecule has 26 heavy (non-hydrogen) atoms. The van der Waals surface area contributed by atoms with E-state index < -0.39 is 0 Å². The number of hydrogen-bond donors (Lipinski definition) is 1. The van der Waals surface area contributed by atoms with Crippen molar-refractivity contribution in [2.24, 2.45) is 5.92 Å². The van der Waals surface area contributed by atoms with Crippen LogP contribution in [0.1, 0.15) is 56.6 Å². The van der Waals surface area contributed by atoms with Crippen LogP contribution in [-0.2, 0) is 0 Å². The Morgan fingerprint density at radius 1 is 0.923 bits per heavy atom. The van der Waals surface area contributed by atoms with Crippen LogP contribution < -0.4 is 5.32 Å². The summed E-state index contributed by atoms with van der Waals surface area (Å²) >= 11 is 0. The molecule has 6 heteroatoms. The lowest BCUT2D eigenvalue weighted by Gasteiger charge is -2.35. The van der Waals surface area contributed by atoms with Crippen LogP contribution in [0.15, 0.2) is 30.7 Å². The fraction of sp³-hybridized carbons (Fsp3) is 0.600. The first kappa shape index (κ1) is 17.3. The van der Waals surface area contributed by atoms with Gasteiger partial charge in [0.15, 0.2) is 0 Å². The third kappa shape index (κ3) is 4.55. The zero-order valence-corrected chi connectivity index (χ0v) is 15.3. The lowest BCUT2D eigenvalue weighted by atomic mass is 9.87. The van der Waals surface area contributed by atoms with E-state index >= 15 is 0 Å². The van der Waals surface area contributed by atoms with E-state index in [4.69, 9.17) is 4.98 Å². The summed E-state index contributed by atoms with van der Waals surface area (Å²) < 4.78 is 0. The molecule has 1 atom stereocenters. The summed E-state index contributed by atoms with van der Waals surface area (Å²) in [5, 5.41) is 3.10. The first-order valence-electron chi connectivity index (χ1n) is 9.96. The van der Waals surface area contributed by atoms with E-state index in [-0.39, 0.29) is 0 Å². The normalized spacial score (nSPS) is 22.2. The van der Waals surface area contributed by atoms with E-state index in [0.29, 0.717) is 17.8 Å². The summed E-state index contributed by atoms with van der Waals surface area (Å²) in [5.41, 5.74) is 1.13. The standard InChI is InChI=1S/C20H28N6/c1-2-6-16(7-3-1)14-26-13-4-8-17(15-26)18-9-12-23-20(24-18)25-19-21-10-5-11-22-19/h5,9-12,16-17H,1-4,6-8,13-15H2,(H,21,22,23,24,25)/t17-/m1/s1. The van der Waals surface area contributed by atoms with Crippen molar-refractivity contribution in [1.29, 1.82) is 0 Å². The summed E-state index contributed by atoms with van der Waals surface area (Å²) in [7, 11) is 0. The lowest BCUT2D eigenvalue weighted by molar-refractivity contribution is 0.159. The van der Waals surface area contributed by atoms with Crippen molar-refractivity contribution in [3.05, 3.63) is 36.4 Å². The monoisotopic (exact) mass is 352 g/mol. The van der Waals surface area contributed by atoms with Crippen molar-refractivity contribution in [2.45, 2.75) is 50.9 Å². The second kappa shape index (κ2) is 8.54. The summed E-state index contributed by atoms with van der Waals surface area (Å²) in [5.74, 6) is 2.51. The van der Waals surface area contributed by atoms with Crippen molar-refractivity contribution < 1.29 is 0 Å². The fourth-order valence-corrected chi connectivity index (χ4v) is 4.32. The molecule has 2 aromatic rings. The zero-order chi connectivity index (χ0) is 17.6.